The highest BCUT2D eigenvalue weighted by molar-refractivity contribution is 5.59. The topological polar surface area (TPSA) is 56.4 Å². The van der Waals surface area contributed by atoms with Crippen LogP contribution in [0.3, 0.4) is 0 Å². The first kappa shape index (κ1) is 11.3. The van der Waals surface area contributed by atoms with Gasteiger partial charge in [-0.25, -0.2) is 4.98 Å². The first-order chi connectivity index (χ1) is 8.88. The van der Waals surface area contributed by atoms with E-state index in [1.807, 2.05) is 18.2 Å². The zero-order valence-corrected chi connectivity index (χ0v) is 10.1. The molecule has 2 aromatic rings. The number of hydrogen-bond donors (Lipinski definition) is 1. The molecule has 1 aromatic heterocycles. The molecule has 5 nitrogen and oxygen atoms in total. The third-order valence-electron chi connectivity index (χ3n) is 2.88. The first-order valence-corrected chi connectivity index (χ1v) is 5.79. The summed E-state index contributed by atoms with van der Waals surface area (Å²) in [4.78, 5) is 7.31. The van der Waals surface area contributed by atoms with Gasteiger partial charge in [-0.1, -0.05) is 0 Å². The molecule has 1 aliphatic rings. The Morgan fingerprint density at radius 1 is 1.33 bits per heavy atom. The Morgan fingerprint density at radius 2 is 2.17 bits per heavy atom. The van der Waals surface area contributed by atoms with Crippen molar-refractivity contribution in [3.05, 3.63) is 36.2 Å². The minimum absolute atomic E-state index is 0.352. The molecule has 0 bridgehead atoms. The van der Waals surface area contributed by atoms with Crippen LogP contribution in [0.4, 0.5) is 0 Å². The van der Waals surface area contributed by atoms with E-state index in [-0.39, 0.29) is 6.29 Å². The standard InChI is InChI=1S/C13H14N2O3/c1-16-11-3-2-9(12-14-4-5-15-12)8-10(11)13-17-6-7-18-13/h2-5,8,13H,6-7H2,1H3,(H,14,15). The summed E-state index contributed by atoms with van der Waals surface area (Å²) >= 11 is 0. The van der Waals surface area contributed by atoms with Gasteiger partial charge in [-0.15, -0.1) is 0 Å². The summed E-state index contributed by atoms with van der Waals surface area (Å²) in [5, 5.41) is 0. The van der Waals surface area contributed by atoms with Gasteiger partial charge < -0.3 is 19.2 Å². The number of H-pyrrole nitrogens is 1. The van der Waals surface area contributed by atoms with E-state index in [0.717, 1.165) is 22.7 Å². The molecule has 3 rings (SSSR count). The summed E-state index contributed by atoms with van der Waals surface area (Å²) in [6.45, 7) is 1.22. The molecule has 0 saturated carbocycles. The van der Waals surface area contributed by atoms with Crippen molar-refractivity contribution < 1.29 is 14.2 Å². The zero-order valence-electron chi connectivity index (χ0n) is 10.1. The smallest absolute Gasteiger partial charge is 0.187 e. The van der Waals surface area contributed by atoms with E-state index in [0.29, 0.717) is 13.2 Å². The van der Waals surface area contributed by atoms with E-state index in [2.05, 4.69) is 9.97 Å². The zero-order chi connectivity index (χ0) is 12.4. The number of benzene rings is 1. The van der Waals surface area contributed by atoms with Crippen LogP contribution in [0, 0.1) is 0 Å². The van der Waals surface area contributed by atoms with E-state index < -0.39 is 0 Å². The number of nitrogens with zero attached hydrogens (tertiary/aromatic N) is 1. The van der Waals surface area contributed by atoms with Crippen molar-refractivity contribution in [1.82, 2.24) is 9.97 Å². The molecule has 18 heavy (non-hydrogen) atoms. The monoisotopic (exact) mass is 246 g/mol. The lowest BCUT2D eigenvalue weighted by Crippen LogP contribution is -2.02. The second-order valence-corrected chi connectivity index (χ2v) is 3.97. The van der Waals surface area contributed by atoms with Crippen molar-refractivity contribution >= 4 is 0 Å². The van der Waals surface area contributed by atoms with E-state index >= 15 is 0 Å². The second-order valence-electron chi connectivity index (χ2n) is 3.97. The van der Waals surface area contributed by atoms with Crippen molar-refractivity contribution in [2.24, 2.45) is 0 Å². The van der Waals surface area contributed by atoms with E-state index in [1.54, 1.807) is 19.5 Å². The molecule has 0 aliphatic carbocycles. The number of aromatic nitrogens is 2. The molecular weight excluding hydrogens is 232 g/mol. The quantitative estimate of drug-likeness (QED) is 0.901. The molecule has 1 fully saturated rings. The number of nitrogens with one attached hydrogen (secondary N) is 1. The minimum Gasteiger partial charge on any atom is -0.496 e. The van der Waals surface area contributed by atoms with Crippen LogP contribution in [-0.4, -0.2) is 30.3 Å². The van der Waals surface area contributed by atoms with Crippen LogP contribution in [0.25, 0.3) is 11.4 Å². The molecule has 2 heterocycles. The summed E-state index contributed by atoms with van der Waals surface area (Å²) < 4.78 is 16.4. The van der Waals surface area contributed by atoms with Crippen LogP contribution in [0.15, 0.2) is 30.6 Å². The lowest BCUT2D eigenvalue weighted by molar-refractivity contribution is -0.0454. The average Bonchev–Trinajstić information content (AvgIpc) is 3.11. The number of methoxy groups -OCH3 is 1. The van der Waals surface area contributed by atoms with Crippen LogP contribution in [0.1, 0.15) is 11.9 Å². The maximum Gasteiger partial charge on any atom is 0.187 e. The molecule has 1 aliphatic heterocycles. The maximum atomic E-state index is 5.52. The predicted octanol–water partition coefficient (Wildman–Crippen LogP) is 2.13. The lowest BCUT2D eigenvalue weighted by Gasteiger charge is -2.14. The van der Waals surface area contributed by atoms with Gasteiger partial charge in [-0.3, -0.25) is 0 Å². The highest BCUT2D eigenvalue weighted by Crippen LogP contribution is 2.33. The van der Waals surface area contributed by atoms with Crippen LogP contribution in [0.2, 0.25) is 0 Å². The lowest BCUT2D eigenvalue weighted by atomic mass is 10.1. The molecule has 1 saturated heterocycles. The van der Waals surface area contributed by atoms with Crippen molar-refractivity contribution in [3.8, 4) is 17.1 Å². The fraction of sp³-hybridized carbons (Fsp3) is 0.308. The van der Waals surface area contributed by atoms with E-state index in [4.69, 9.17) is 14.2 Å². The molecular formula is C13H14N2O3. The number of hydrogen-bond acceptors (Lipinski definition) is 4. The summed E-state index contributed by atoms with van der Waals surface area (Å²) in [5.74, 6) is 1.58. The molecule has 5 heteroatoms. The maximum absolute atomic E-state index is 5.52. The Morgan fingerprint density at radius 3 is 2.83 bits per heavy atom. The van der Waals surface area contributed by atoms with E-state index in [1.165, 1.54) is 0 Å². The van der Waals surface area contributed by atoms with E-state index in [9.17, 15) is 0 Å². The number of aromatic amines is 1. The van der Waals surface area contributed by atoms with Gasteiger partial charge in [-0.05, 0) is 18.2 Å². The third-order valence-corrected chi connectivity index (χ3v) is 2.88. The molecule has 0 radical (unpaired) electrons. The Balaban J connectivity index is 2.01. The summed E-state index contributed by atoms with van der Waals surface area (Å²) in [6, 6.07) is 5.84. The fourth-order valence-electron chi connectivity index (χ4n) is 2.03. The van der Waals surface area contributed by atoms with Crippen LogP contribution < -0.4 is 4.74 Å². The van der Waals surface area contributed by atoms with Crippen LogP contribution >= 0.6 is 0 Å². The van der Waals surface area contributed by atoms with Crippen molar-refractivity contribution in [3.63, 3.8) is 0 Å². The minimum atomic E-state index is -0.352. The van der Waals surface area contributed by atoms with Gasteiger partial charge in [-0.2, -0.15) is 0 Å². The molecule has 0 atom stereocenters. The molecule has 1 N–H and O–H groups in total. The Hall–Kier alpha value is -1.85. The molecule has 94 valence electrons. The third kappa shape index (κ3) is 1.98. The number of imidazole rings is 1. The van der Waals surface area contributed by atoms with Gasteiger partial charge in [0.2, 0.25) is 0 Å². The van der Waals surface area contributed by atoms with Crippen molar-refractivity contribution in [2.75, 3.05) is 20.3 Å². The Labute approximate surface area is 105 Å². The Kier molecular flexibility index (Phi) is 3.00. The van der Waals surface area contributed by atoms with Crippen molar-refractivity contribution in [1.29, 1.82) is 0 Å². The molecule has 0 spiro atoms. The van der Waals surface area contributed by atoms with Crippen LogP contribution in [0.5, 0.6) is 5.75 Å². The number of ether oxygens (including phenoxy) is 3. The number of rotatable bonds is 3. The van der Waals surface area contributed by atoms with Crippen LogP contribution in [-0.2, 0) is 9.47 Å². The van der Waals surface area contributed by atoms with Gasteiger partial charge in [0.15, 0.2) is 6.29 Å². The molecule has 1 aromatic carbocycles. The van der Waals surface area contributed by atoms with Gasteiger partial charge >= 0.3 is 0 Å². The highest BCUT2D eigenvalue weighted by atomic mass is 16.7. The van der Waals surface area contributed by atoms with Gasteiger partial charge in [0.1, 0.15) is 11.6 Å². The molecule has 0 amide bonds. The van der Waals surface area contributed by atoms with Gasteiger partial charge in [0.05, 0.1) is 25.9 Å². The predicted molar refractivity (Wildman–Crippen MR) is 65.2 cm³/mol. The van der Waals surface area contributed by atoms with Crippen molar-refractivity contribution in [2.45, 2.75) is 6.29 Å². The summed E-state index contributed by atoms with van der Waals surface area (Å²) in [5.41, 5.74) is 1.87. The normalized spacial score (nSPS) is 16.1. The highest BCUT2D eigenvalue weighted by Gasteiger charge is 2.22. The molecule has 0 unspecified atom stereocenters. The largest absolute Gasteiger partial charge is 0.496 e. The van der Waals surface area contributed by atoms with Gasteiger partial charge in [0.25, 0.3) is 0 Å². The van der Waals surface area contributed by atoms with Gasteiger partial charge in [0, 0.05) is 18.0 Å². The summed E-state index contributed by atoms with van der Waals surface area (Å²) in [6.07, 6.45) is 3.17. The first-order valence-electron chi connectivity index (χ1n) is 5.79. The average molecular weight is 246 g/mol. The summed E-state index contributed by atoms with van der Waals surface area (Å²) in [7, 11) is 1.64. The second kappa shape index (κ2) is 4.80. The fourth-order valence-corrected chi connectivity index (χ4v) is 2.03. The Bertz CT molecular complexity index is 519. The SMILES string of the molecule is COc1ccc(-c2ncc[nH]2)cc1C1OCCO1.